The monoisotopic (exact) mass is 314 g/mol. The molecule has 2 saturated heterocycles. The maximum atomic E-state index is 12.3. The van der Waals surface area contributed by atoms with E-state index in [4.69, 9.17) is 0 Å². The molecule has 3 heteroatoms. The predicted octanol–water partition coefficient (Wildman–Crippen LogP) is 4.67. The van der Waals surface area contributed by atoms with Gasteiger partial charge in [-0.15, -0.1) is 0 Å². The molecule has 22 heavy (non-hydrogen) atoms. The molecule has 0 aromatic carbocycles. The second-order valence-electron chi connectivity index (χ2n) is 5.59. The number of rotatable bonds is 1. The van der Waals surface area contributed by atoms with Crippen LogP contribution in [0.1, 0.15) is 74.1 Å². The van der Waals surface area contributed by atoms with Crippen LogP contribution in [0, 0.1) is 11.8 Å². The van der Waals surface area contributed by atoms with Crippen LogP contribution in [0.15, 0.2) is 0 Å². The minimum absolute atomic E-state index is 0.310. The molecule has 0 radical (unpaired) electrons. The number of carbonyl (C=O) groups excluding carboxylic acids is 1. The number of amides is 1. The van der Waals surface area contributed by atoms with E-state index in [0.29, 0.717) is 11.8 Å². The van der Waals surface area contributed by atoms with Crippen molar-refractivity contribution in [2.75, 3.05) is 33.2 Å². The first-order valence-corrected chi connectivity index (χ1v) is 9.64. The number of hydrogen-bond donors (Lipinski definition) is 0. The summed E-state index contributed by atoms with van der Waals surface area (Å²) >= 11 is 0. The molecule has 134 valence electrons. The third kappa shape index (κ3) is 8.77. The van der Waals surface area contributed by atoms with Crippen molar-refractivity contribution in [2.45, 2.75) is 74.1 Å². The van der Waals surface area contributed by atoms with Crippen LogP contribution in [-0.4, -0.2) is 48.9 Å². The zero-order valence-electron chi connectivity index (χ0n) is 16.6. The Hall–Kier alpha value is -0.570. The molecular formula is C19H42N2O. The summed E-state index contributed by atoms with van der Waals surface area (Å²) in [5.41, 5.74) is 0. The molecule has 0 atom stereocenters. The molecule has 0 N–H and O–H groups in total. The Morgan fingerprint density at radius 1 is 0.773 bits per heavy atom. The van der Waals surface area contributed by atoms with Crippen LogP contribution >= 0.6 is 0 Å². The number of nitrogens with zero attached hydrogens (tertiary/aromatic N) is 2. The minimum atomic E-state index is 0.310. The summed E-state index contributed by atoms with van der Waals surface area (Å²) in [7, 11) is 2.14. The van der Waals surface area contributed by atoms with Crippen molar-refractivity contribution < 1.29 is 4.79 Å². The molecule has 1 amide bonds. The van der Waals surface area contributed by atoms with E-state index in [1.807, 2.05) is 41.5 Å². The van der Waals surface area contributed by atoms with E-state index in [1.165, 1.54) is 12.8 Å². The molecule has 0 spiro atoms. The third-order valence-corrected chi connectivity index (χ3v) is 4.16. The van der Waals surface area contributed by atoms with Crippen molar-refractivity contribution in [3.8, 4) is 0 Å². The van der Waals surface area contributed by atoms with Gasteiger partial charge >= 0.3 is 0 Å². The van der Waals surface area contributed by atoms with Gasteiger partial charge < -0.3 is 9.80 Å². The molecule has 0 bridgehead atoms. The molecule has 2 rings (SSSR count). The molecule has 0 aromatic rings. The van der Waals surface area contributed by atoms with E-state index in [-0.39, 0.29) is 0 Å². The molecule has 0 aromatic heterocycles. The summed E-state index contributed by atoms with van der Waals surface area (Å²) in [6, 6.07) is 0. The zero-order chi connectivity index (χ0) is 17.5. The summed E-state index contributed by atoms with van der Waals surface area (Å²) in [5, 5.41) is 0. The smallest absolute Gasteiger partial charge is 0.225 e. The van der Waals surface area contributed by atoms with Crippen molar-refractivity contribution in [2.24, 2.45) is 11.8 Å². The molecule has 0 unspecified atom stereocenters. The fraction of sp³-hybridized carbons (Fsp3) is 0.947. The summed E-state index contributed by atoms with van der Waals surface area (Å²) in [6.45, 7) is 18.4. The first kappa shape index (κ1) is 23.7. The van der Waals surface area contributed by atoms with Crippen molar-refractivity contribution in [3.63, 3.8) is 0 Å². The lowest BCUT2D eigenvalue weighted by Gasteiger charge is -2.35. The summed E-state index contributed by atoms with van der Waals surface area (Å²) in [6.07, 6.45) is 4.50. The maximum absolute atomic E-state index is 12.3. The Morgan fingerprint density at radius 2 is 1.18 bits per heavy atom. The molecule has 2 aliphatic heterocycles. The standard InChI is InChI=1S/C13H24N2O.3C2H6/c1-11-3-9-15(10-4-11)13(16)12-5-7-14(2)8-6-12;3*1-2/h11-12H,3-10H2,1-2H3;3*1-2H3. The summed E-state index contributed by atoms with van der Waals surface area (Å²) in [5.74, 6) is 1.55. The van der Waals surface area contributed by atoms with Crippen LogP contribution in [0.3, 0.4) is 0 Å². The van der Waals surface area contributed by atoms with Gasteiger partial charge in [-0.05, 0) is 51.7 Å². The molecule has 0 aliphatic carbocycles. The second-order valence-corrected chi connectivity index (χ2v) is 5.59. The fourth-order valence-corrected chi connectivity index (χ4v) is 2.74. The van der Waals surface area contributed by atoms with Gasteiger partial charge in [0.05, 0.1) is 0 Å². The Balaban J connectivity index is 0. The Bertz CT molecular complexity index is 216. The molecule has 2 heterocycles. The van der Waals surface area contributed by atoms with Crippen molar-refractivity contribution in [1.29, 1.82) is 0 Å². The Morgan fingerprint density at radius 3 is 1.59 bits per heavy atom. The van der Waals surface area contributed by atoms with E-state index >= 15 is 0 Å². The van der Waals surface area contributed by atoms with Crippen LogP contribution in [-0.2, 0) is 4.79 Å². The average Bonchev–Trinajstić information content (AvgIpc) is 2.61. The highest BCUT2D eigenvalue weighted by atomic mass is 16.2. The third-order valence-electron chi connectivity index (χ3n) is 4.16. The highest BCUT2D eigenvalue weighted by molar-refractivity contribution is 5.79. The van der Waals surface area contributed by atoms with Crippen LogP contribution in [0.4, 0.5) is 0 Å². The SMILES string of the molecule is CC.CC.CC.CC1CCN(C(=O)C2CCN(C)CC2)CC1. The molecule has 2 fully saturated rings. The van der Waals surface area contributed by atoms with Gasteiger partial charge in [0, 0.05) is 19.0 Å². The molecule has 0 saturated carbocycles. The highest BCUT2D eigenvalue weighted by Gasteiger charge is 2.29. The first-order valence-electron chi connectivity index (χ1n) is 9.64. The average molecular weight is 315 g/mol. The van der Waals surface area contributed by atoms with E-state index < -0.39 is 0 Å². The van der Waals surface area contributed by atoms with Crippen molar-refractivity contribution in [1.82, 2.24) is 9.80 Å². The van der Waals surface area contributed by atoms with Crippen molar-refractivity contribution >= 4 is 5.91 Å². The van der Waals surface area contributed by atoms with Gasteiger partial charge in [0.25, 0.3) is 0 Å². The molecule has 2 aliphatic rings. The maximum Gasteiger partial charge on any atom is 0.225 e. The van der Waals surface area contributed by atoms with Gasteiger partial charge in [-0.3, -0.25) is 4.79 Å². The largest absolute Gasteiger partial charge is 0.342 e. The lowest BCUT2D eigenvalue weighted by molar-refractivity contribution is -0.138. The Labute approximate surface area is 140 Å². The first-order chi connectivity index (χ1) is 10.7. The topological polar surface area (TPSA) is 23.6 Å². The van der Waals surface area contributed by atoms with Gasteiger partial charge in [-0.25, -0.2) is 0 Å². The van der Waals surface area contributed by atoms with Crippen LogP contribution < -0.4 is 0 Å². The normalized spacial score (nSPS) is 19.7. The molecular weight excluding hydrogens is 272 g/mol. The fourth-order valence-electron chi connectivity index (χ4n) is 2.74. The Kier molecular flexibility index (Phi) is 16.5. The zero-order valence-corrected chi connectivity index (χ0v) is 16.6. The minimum Gasteiger partial charge on any atom is -0.342 e. The van der Waals surface area contributed by atoms with Gasteiger partial charge in [-0.1, -0.05) is 48.5 Å². The van der Waals surface area contributed by atoms with Gasteiger partial charge in [0.15, 0.2) is 0 Å². The quantitative estimate of drug-likeness (QED) is 0.702. The van der Waals surface area contributed by atoms with E-state index in [9.17, 15) is 4.79 Å². The van der Waals surface area contributed by atoms with Gasteiger partial charge in [0.1, 0.15) is 0 Å². The predicted molar refractivity (Wildman–Crippen MR) is 99.2 cm³/mol. The van der Waals surface area contributed by atoms with Crippen LogP contribution in [0.5, 0.6) is 0 Å². The number of likely N-dealkylation sites (tertiary alicyclic amines) is 2. The van der Waals surface area contributed by atoms with E-state index in [1.54, 1.807) is 0 Å². The van der Waals surface area contributed by atoms with E-state index in [0.717, 1.165) is 44.9 Å². The summed E-state index contributed by atoms with van der Waals surface area (Å²) in [4.78, 5) is 16.7. The highest BCUT2D eigenvalue weighted by Crippen LogP contribution is 2.22. The van der Waals surface area contributed by atoms with Crippen LogP contribution in [0.2, 0.25) is 0 Å². The van der Waals surface area contributed by atoms with E-state index in [2.05, 4.69) is 23.8 Å². The lowest BCUT2D eigenvalue weighted by atomic mass is 9.93. The van der Waals surface area contributed by atoms with Gasteiger partial charge in [0.2, 0.25) is 5.91 Å². The lowest BCUT2D eigenvalue weighted by Crippen LogP contribution is -2.44. The summed E-state index contributed by atoms with van der Waals surface area (Å²) < 4.78 is 0. The molecule has 3 nitrogen and oxygen atoms in total. The number of carbonyl (C=O) groups is 1. The number of piperidine rings is 2. The van der Waals surface area contributed by atoms with Gasteiger partial charge in [-0.2, -0.15) is 0 Å². The van der Waals surface area contributed by atoms with Crippen molar-refractivity contribution in [3.05, 3.63) is 0 Å². The second kappa shape index (κ2) is 15.3. The van der Waals surface area contributed by atoms with Crippen LogP contribution in [0.25, 0.3) is 0 Å². The number of hydrogen-bond acceptors (Lipinski definition) is 2.